The highest BCUT2D eigenvalue weighted by Gasteiger charge is 2.17. The Balaban J connectivity index is 1.59. The van der Waals surface area contributed by atoms with Crippen molar-refractivity contribution in [2.24, 2.45) is 5.92 Å². The van der Waals surface area contributed by atoms with Gasteiger partial charge in [-0.3, -0.25) is 14.2 Å². The van der Waals surface area contributed by atoms with Gasteiger partial charge in [0.1, 0.15) is 0 Å². The van der Waals surface area contributed by atoms with Gasteiger partial charge in [-0.2, -0.15) is 5.10 Å². The van der Waals surface area contributed by atoms with Crippen LogP contribution in [0.1, 0.15) is 43.2 Å². The zero-order valence-corrected chi connectivity index (χ0v) is 13.6. The predicted molar refractivity (Wildman–Crippen MR) is 86.2 cm³/mol. The maximum atomic E-state index is 12.2. The summed E-state index contributed by atoms with van der Waals surface area (Å²) in [5, 5.41) is 18.4. The van der Waals surface area contributed by atoms with Gasteiger partial charge in [0.2, 0.25) is 0 Å². The molecule has 8 nitrogen and oxygen atoms in total. The molecule has 1 aliphatic heterocycles. The molecule has 0 bridgehead atoms. The quantitative estimate of drug-likeness (QED) is 0.868. The van der Waals surface area contributed by atoms with Crippen LogP contribution in [0.5, 0.6) is 0 Å². The molecule has 1 aliphatic rings. The third kappa shape index (κ3) is 3.95. The highest BCUT2D eigenvalue weighted by atomic mass is 16.2. The van der Waals surface area contributed by atoms with E-state index in [1.165, 1.54) is 12.8 Å². The smallest absolute Gasteiger partial charge is 0.277 e. The molecule has 1 unspecified atom stereocenters. The molecule has 1 fully saturated rings. The first-order valence-electron chi connectivity index (χ1n) is 8.08. The van der Waals surface area contributed by atoms with E-state index in [1.54, 1.807) is 28.0 Å². The molecule has 2 N–H and O–H groups in total. The highest BCUT2D eigenvalue weighted by molar-refractivity contribution is 6.02. The van der Waals surface area contributed by atoms with Crippen LogP contribution in [0, 0.1) is 5.92 Å². The van der Waals surface area contributed by atoms with Crippen LogP contribution in [0.15, 0.2) is 18.6 Å². The molecule has 0 saturated carbocycles. The molecule has 2 aromatic rings. The average molecular weight is 317 g/mol. The molecule has 2 aromatic heterocycles. The normalized spacial score (nSPS) is 18.3. The zero-order chi connectivity index (χ0) is 16.2. The monoisotopic (exact) mass is 317 g/mol. The van der Waals surface area contributed by atoms with Crippen molar-refractivity contribution in [2.75, 3.05) is 18.4 Å². The average Bonchev–Trinajstić information content (AvgIpc) is 3.18. The lowest BCUT2D eigenvalue weighted by molar-refractivity contribution is 0.102. The minimum atomic E-state index is -0.263. The number of hydrogen-bond acceptors (Lipinski definition) is 5. The summed E-state index contributed by atoms with van der Waals surface area (Å²) < 4.78 is 3.55. The van der Waals surface area contributed by atoms with Crippen LogP contribution in [0.25, 0.3) is 0 Å². The SMILES string of the molecule is CC(C)n1cc(NC(=O)c2cn(CC3CCCNC3)nn2)cn1. The lowest BCUT2D eigenvalue weighted by Gasteiger charge is -2.22. The summed E-state index contributed by atoms with van der Waals surface area (Å²) in [4.78, 5) is 12.2. The van der Waals surface area contributed by atoms with Gasteiger partial charge in [-0.15, -0.1) is 5.10 Å². The van der Waals surface area contributed by atoms with Crippen molar-refractivity contribution in [1.82, 2.24) is 30.1 Å². The summed E-state index contributed by atoms with van der Waals surface area (Å²) in [6, 6.07) is 0.255. The Kier molecular flexibility index (Phi) is 4.71. The fourth-order valence-corrected chi connectivity index (χ4v) is 2.72. The molecule has 0 spiro atoms. The summed E-state index contributed by atoms with van der Waals surface area (Å²) in [6.45, 7) is 6.94. The number of piperidine rings is 1. The molecule has 1 saturated heterocycles. The highest BCUT2D eigenvalue weighted by Crippen LogP contribution is 2.13. The molecule has 124 valence electrons. The van der Waals surface area contributed by atoms with Crippen molar-refractivity contribution >= 4 is 11.6 Å². The van der Waals surface area contributed by atoms with Crippen LogP contribution in [0.2, 0.25) is 0 Å². The molecular formula is C15H23N7O. The largest absolute Gasteiger partial charge is 0.318 e. The molecule has 1 amide bonds. The Hall–Kier alpha value is -2.22. The number of rotatable bonds is 5. The fraction of sp³-hybridized carbons (Fsp3) is 0.600. The zero-order valence-electron chi connectivity index (χ0n) is 13.6. The summed E-state index contributed by atoms with van der Waals surface area (Å²) in [7, 11) is 0. The second-order valence-electron chi connectivity index (χ2n) is 6.30. The molecule has 1 atom stereocenters. The van der Waals surface area contributed by atoms with E-state index >= 15 is 0 Å². The van der Waals surface area contributed by atoms with Crippen molar-refractivity contribution in [3.05, 3.63) is 24.3 Å². The van der Waals surface area contributed by atoms with Gasteiger partial charge < -0.3 is 10.6 Å². The van der Waals surface area contributed by atoms with Gasteiger partial charge >= 0.3 is 0 Å². The van der Waals surface area contributed by atoms with Crippen LogP contribution >= 0.6 is 0 Å². The van der Waals surface area contributed by atoms with E-state index in [4.69, 9.17) is 0 Å². The Labute approximate surface area is 135 Å². The number of aromatic nitrogens is 5. The van der Waals surface area contributed by atoms with Gasteiger partial charge in [0.05, 0.1) is 18.1 Å². The van der Waals surface area contributed by atoms with Crippen LogP contribution in [0.3, 0.4) is 0 Å². The number of carbonyl (C=O) groups is 1. The first-order chi connectivity index (χ1) is 11.1. The Morgan fingerprint density at radius 2 is 2.35 bits per heavy atom. The molecule has 3 rings (SSSR count). The van der Waals surface area contributed by atoms with E-state index in [-0.39, 0.29) is 11.9 Å². The van der Waals surface area contributed by atoms with Crippen LogP contribution < -0.4 is 10.6 Å². The Bertz CT molecular complexity index is 654. The maximum absolute atomic E-state index is 12.2. The second kappa shape index (κ2) is 6.91. The van der Waals surface area contributed by atoms with Gasteiger partial charge in [-0.25, -0.2) is 0 Å². The van der Waals surface area contributed by atoms with Crippen molar-refractivity contribution in [3.63, 3.8) is 0 Å². The molecular weight excluding hydrogens is 294 g/mol. The molecule has 0 aliphatic carbocycles. The van der Waals surface area contributed by atoms with Gasteiger partial charge in [0.15, 0.2) is 5.69 Å². The van der Waals surface area contributed by atoms with E-state index in [9.17, 15) is 4.79 Å². The minimum Gasteiger partial charge on any atom is -0.318 e. The van der Waals surface area contributed by atoms with Crippen molar-refractivity contribution < 1.29 is 4.79 Å². The standard InChI is InChI=1S/C15H23N7O/c1-11(2)22-9-13(7-17-22)18-15(23)14-10-21(20-19-14)8-12-4-3-5-16-6-12/h7,9-12,16H,3-6,8H2,1-2H3,(H,18,23). The van der Waals surface area contributed by atoms with Crippen molar-refractivity contribution in [3.8, 4) is 0 Å². The van der Waals surface area contributed by atoms with Gasteiger partial charge in [-0.05, 0) is 45.7 Å². The third-order valence-corrected chi connectivity index (χ3v) is 4.00. The number of nitrogens with one attached hydrogen (secondary N) is 2. The predicted octanol–water partition coefficient (Wildman–Crippen LogP) is 1.31. The first-order valence-corrected chi connectivity index (χ1v) is 8.08. The number of hydrogen-bond donors (Lipinski definition) is 2. The molecule has 8 heteroatoms. The lowest BCUT2D eigenvalue weighted by atomic mass is 10.00. The Morgan fingerprint density at radius 3 is 3.04 bits per heavy atom. The van der Waals surface area contributed by atoms with E-state index in [0.717, 1.165) is 19.6 Å². The van der Waals surface area contributed by atoms with E-state index in [1.807, 2.05) is 13.8 Å². The van der Waals surface area contributed by atoms with Crippen LogP contribution in [-0.4, -0.2) is 43.8 Å². The molecule has 0 radical (unpaired) electrons. The fourth-order valence-electron chi connectivity index (χ4n) is 2.72. The van der Waals surface area contributed by atoms with Crippen molar-refractivity contribution in [2.45, 2.75) is 39.3 Å². The summed E-state index contributed by atoms with van der Waals surface area (Å²) in [5.41, 5.74) is 0.987. The summed E-state index contributed by atoms with van der Waals surface area (Å²) in [6.07, 6.45) is 7.52. The maximum Gasteiger partial charge on any atom is 0.277 e. The molecule has 23 heavy (non-hydrogen) atoms. The van der Waals surface area contributed by atoms with E-state index < -0.39 is 0 Å². The number of anilines is 1. The van der Waals surface area contributed by atoms with E-state index in [2.05, 4.69) is 26.0 Å². The summed E-state index contributed by atoms with van der Waals surface area (Å²) in [5.74, 6) is 0.284. The van der Waals surface area contributed by atoms with Gasteiger partial charge in [0.25, 0.3) is 5.91 Å². The first kappa shape index (κ1) is 15.7. The van der Waals surface area contributed by atoms with Crippen LogP contribution in [0.4, 0.5) is 5.69 Å². The topological polar surface area (TPSA) is 89.7 Å². The van der Waals surface area contributed by atoms with E-state index in [0.29, 0.717) is 17.3 Å². The molecule has 3 heterocycles. The third-order valence-electron chi connectivity index (χ3n) is 4.00. The van der Waals surface area contributed by atoms with Crippen molar-refractivity contribution in [1.29, 1.82) is 0 Å². The number of amides is 1. The minimum absolute atomic E-state index is 0.255. The second-order valence-corrected chi connectivity index (χ2v) is 6.30. The summed E-state index contributed by atoms with van der Waals surface area (Å²) >= 11 is 0. The lowest BCUT2D eigenvalue weighted by Crippen LogP contribution is -2.32. The van der Waals surface area contributed by atoms with Crippen LogP contribution in [-0.2, 0) is 6.54 Å². The number of nitrogens with zero attached hydrogens (tertiary/aromatic N) is 5. The number of carbonyl (C=O) groups excluding carboxylic acids is 1. The Morgan fingerprint density at radius 1 is 1.48 bits per heavy atom. The van der Waals surface area contributed by atoms with Gasteiger partial charge in [0, 0.05) is 18.8 Å². The van der Waals surface area contributed by atoms with Gasteiger partial charge in [-0.1, -0.05) is 5.21 Å². The molecule has 0 aromatic carbocycles.